The molecule has 0 aliphatic rings. The lowest BCUT2D eigenvalue weighted by Crippen LogP contribution is -2.47. The number of carbonyl (C=O) groups excluding carboxylic acids is 4. The summed E-state index contributed by atoms with van der Waals surface area (Å²) in [5, 5.41) is 11.1. The van der Waals surface area contributed by atoms with Gasteiger partial charge in [-0.1, -0.05) is 50.1 Å². The van der Waals surface area contributed by atoms with Crippen LogP contribution >= 0.6 is 0 Å². The lowest BCUT2D eigenvalue weighted by atomic mass is 10.1. The highest BCUT2D eigenvalue weighted by atomic mass is 16.6. The molecule has 1 rings (SSSR count). The molecule has 4 N–H and O–H groups in total. The smallest absolute Gasteiger partial charge is 0.408 e. The van der Waals surface area contributed by atoms with E-state index in [1.807, 2.05) is 30.3 Å². The van der Waals surface area contributed by atoms with Crippen molar-refractivity contribution < 1.29 is 28.7 Å². The second kappa shape index (κ2) is 19.7. The van der Waals surface area contributed by atoms with Crippen LogP contribution in [0.1, 0.15) is 91.0 Å². The van der Waals surface area contributed by atoms with Gasteiger partial charge in [-0.15, -0.1) is 0 Å². The number of nitrogens with one attached hydrogen (secondary N) is 4. The number of unbranched alkanes of at least 4 members (excludes halogenated alkanes) is 4. The average Bonchev–Trinajstić information content (AvgIpc) is 2.88. The van der Waals surface area contributed by atoms with Crippen LogP contribution in [0.5, 0.6) is 0 Å². The van der Waals surface area contributed by atoms with Crippen molar-refractivity contribution in [2.24, 2.45) is 0 Å². The molecule has 10 nitrogen and oxygen atoms in total. The molecule has 0 bridgehead atoms. The molecule has 39 heavy (non-hydrogen) atoms. The molecule has 220 valence electrons. The van der Waals surface area contributed by atoms with Gasteiger partial charge in [0.2, 0.25) is 11.8 Å². The fourth-order valence-electron chi connectivity index (χ4n) is 3.59. The molecule has 0 aliphatic carbocycles. The first-order valence-electron chi connectivity index (χ1n) is 14.1. The first-order chi connectivity index (χ1) is 18.6. The summed E-state index contributed by atoms with van der Waals surface area (Å²) >= 11 is 0. The van der Waals surface area contributed by atoms with Crippen LogP contribution in [0.3, 0.4) is 0 Å². The van der Waals surface area contributed by atoms with Crippen LogP contribution < -0.4 is 21.3 Å². The molecule has 1 atom stereocenters. The molecule has 1 aromatic rings. The number of amides is 4. The molecule has 1 unspecified atom stereocenters. The van der Waals surface area contributed by atoms with E-state index in [0.29, 0.717) is 51.7 Å². The van der Waals surface area contributed by atoms with Gasteiger partial charge in [-0.3, -0.25) is 9.59 Å². The van der Waals surface area contributed by atoms with Gasteiger partial charge in [0.1, 0.15) is 18.2 Å². The second-order valence-corrected chi connectivity index (χ2v) is 10.5. The minimum atomic E-state index is -0.770. The summed E-state index contributed by atoms with van der Waals surface area (Å²) in [6.45, 7) is 8.98. The fourth-order valence-corrected chi connectivity index (χ4v) is 3.59. The predicted octanol–water partition coefficient (Wildman–Crippen LogP) is 4.57. The highest BCUT2D eigenvalue weighted by Gasteiger charge is 2.21. The molecule has 0 saturated carbocycles. The van der Waals surface area contributed by atoms with Crippen molar-refractivity contribution in [1.29, 1.82) is 0 Å². The highest BCUT2D eigenvalue weighted by molar-refractivity contribution is 5.85. The predicted molar refractivity (Wildman–Crippen MR) is 151 cm³/mol. The van der Waals surface area contributed by atoms with E-state index in [0.717, 1.165) is 31.2 Å². The lowest BCUT2D eigenvalue weighted by Gasteiger charge is -2.20. The van der Waals surface area contributed by atoms with Crippen LogP contribution in [0.25, 0.3) is 0 Å². The van der Waals surface area contributed by atoms with E-state index in [9.17, 15) is 19.2 Å². The number of benzene rings is 1. The molecule has 0 fully saturated rings. The van der Waals surface area contributed by atoms with Gasteiger partial charge in [0.25, 0.3) is 0 Å². The van der Waals surface area contributed by atoms with Crippen molar-refractivity contribution in [1.82, 2.24) is 21.3 Å². The van der Waals surface area contributed by atoms with Crippen molar-refractivity contribution in [3.05, 3.63) is 35.9 Å². The summed E-state index contributed by atoms with van der Waals surface area (Å²) in [5.74, 6) is -0.234. The van der Waals surface area contributed by atoms with Gasteiger partial charge in [-0.25, -0.2) is 9.59 Å². The Morgan fingerprint density at radius 1 is 0.795 bits per heavy atom. The zero-order valence-corrected chi connectivity index (χ0v) is 24.1. The maximum absolute atomic E-state index is 12.8. The van der Waals surface area contributed by atoms with E-state index in [1.54, 1.807) is 20.8 Å². The third kappa shape index (κ3) is 18.6. The van der Waals surface area contributed by atoms with Crippen LogP contribution in [-0.2, 0) is 25.7 Å². The quantitative estimate of drug-likeness (QED) is 0.199. The largest absolute Gasteiger partial charge is 0.445 e. The minimum Gasteiger partial charge on any atom is -0.445 e. The Kier molecular flexibility index (Phi) is 17.1. The van der Waals surface area contributed by atoms with Crippen molar-refractivity contribution in [3.8, 4) is 0 Å². The second-order valence-electron chi connectivity index (χ2n) is 10.5. The third-order valence-electron chi connectivity index (χ3n) is 5.64. The monoisotopic (exact) mass is 548 g/mol. The summed E-state index contributed by atoms with van der Waals surface area (Å²) in [4.78, 5) is 48.8. The van der Waals surface area contributed by atoms with E-state index in [4.69, 9.17) is 9.47 Å². The van der Waals surface area contributed by atoms with Crippen LogP contribution in [0.2, 0.25) is 0 Å². The van der Waals surface area contributed by atoms with Crippen LogP contribution in [0.4, 0.5) is 9.59 Å². The zero-order chi connectivity index (χ0) is 28.9. The maximum Gasteiger partial charge on any atom is 0.408 e. The van der Waals surface area contributed by atoms with E-state index in [2.05, 4.69) is 28.2 Å². The van der Waals surface area contributed by atoms with Gasteiger partial charge in [0.15, 0.2) is 0 Å². The minimum absolute atomic E-state index is 0.0620. The van der Waals surface area contributed by atoms with Gasteiger partial charge < -0.3 is 30.7 Å². The Morgan fingerprint density at radius 2 is 1.44 bits per heavy atom. The molecule has 0 radical (unpaired) electrons. The normalized spacial score (nSPS) is 11.7. The summed E-state index contributed by atoms with van der Waals surface area (Å²) in [5.41, 5.74) is 0.275. The van der Waals surface area contributed by atoms with Crippen molar-refractivity contribution in [3.63, 3.8) is 0 Å². The van der Waals surface area contributed by atoms with E-state index >= 15 is 0 Å². The number of alkyl carbamates (subject to hydrolysis) is 2. The average molecular weight is 549 g/mol. The van der Waals surface area contributed by atoms with Gasteiger partial charge >= 0.3 is 12.2 Å². The first kappa shape index (κ1) is 33.7. The fraction of sp³-hybridized carbons (Fsp3) is 0.655. The van der Waals surface area contributed by atoms with Crippen molar-refractivity contribution >= 4 is 24.0 Å². The molecule has 1 aromatic carbocycles. The summed E-state index contributed by atoms with van der Waals surface area (Å²) < 4.78 is 10.5. The Morgan fingerprint density at radius 3 is 2.10 bits per heavy atom. The molecular formula is C29H48N4O6. The molecule has 0 aliphatic heterocycles. The van der Waals surface area contributed by atoms with Gasteiger partial charge in [0, 0.05) is 26.1 Å². The van der Waals surface area contributed by atoms with E-state index in [1.165, 1.54) is 0 Å². The SMILES string of the molecule is CCCCCC(=O)NCCCCNC(=O)C(CCCCNC(=O)OC(C)(C)C)NC(=O)OCc1ccccc1. The topological polar surface area (TPSA) is 135 Å². The summed E-state index contributed by atoms with van der Waals surface area (Å²) in [7, 11) is 0. The highest BCUT2D eigenvalue weighted by Crippen LogP contribution is 2.07. The molecule has 0 aromatic heterocycles. The van der Waals surface area contributed by atoms with Crippen LogP contribution in [0, 0.1) is 0 Å². The number of carbonyl (C=O) groups is 4. The van der Waals surface area contributed by atoms with Crippen molar-refractivity contribution in [2.75, 3.05) is 19.6 Å². The molecular weight excluding hydrogens is 500 g/mol. The Labute approximate surface area is 233 Å². The van der Waals surface area contributed by atoms with Gasteiger partial charge in [-0.05, 0) is 64.9 Å². The Hall–Kier alpha value is -3.30. The van der Waals surface area contributed by atoms with Crippen molar-refractivity contribution in [2.45, 2.75) is 104 Å². The summed E-state index contributed by atoms with van der Waals surface area (Å²) in [6, 6.07) is 8.52. The van der Waals surface area contributed by atoms with Gasteiger partial charge in [0.05, 0.1) is 0 Å². The third-order valence-corrected chi connectivity index (χ3v) is 5.64. The van der Waals surface area contributed by atoms with Gasteiger partial charge in [-0.2, -0.15) is 0 Å². The Balaban J connectivity index is 2.43. The maximum atomic E-state index is 12.8. The lowest BCUT2D eigenvalue weighted by molar-refractivity contribution is -0.123. The first-order valence-corrected chi connectivity index (χ1v) is 14.1. The number of hydrogen-bond donors (Lipinski definition) is 4. The molecule has 0 spiro atoms. The summed E-state index contributed by atoms with van der Waals surface area (Å²) in [6.07, 6.45) is 5.45. The Bertz CT molecular complexity index is 857. The molecule has 10 heteroatoms. The molecule has 0 saturated heterocycles. The van der Waals surface area contributed by atoms with Crippen LogP contribution in [-0.4, -0.2) is 55.3 Å². The van der Waals surface area contributed by atoms with E-state index in [-0.39, 0.29) is 18.4 Å². The number of hydrogen-bond acceptors (Lipinski definition) is 6. The standard InChI is InChI=1S/C29H48N4O6/c1-5-6-8-18-25(34)30-19-13-14-20-31-26(35)24(17-11-12-21-32-27(36)39-29(2,3)4)33-28(37)38-22-23-15-9-7-10-16-23/h7,9-10,15-16,24H,5-6,8,11-14,17-22H2,1-4H3,(H,30,34)(H,31,35)(H,32,36)(H,33,37). The van der Waals surface area contributed by atoms with Crippen LogP contribution in [0.15, 0.2) is 30.3 Å². The number of ether oxygens (including phenoxy) is 2. The van der Waals surface area contributed by atoms with E-state index < -0.39 is 23.8 Å². The zero-order valence-electron chi connectivity index (χ0n) is 24.1. The molecule has 4 amide bonds. The number of rotatable bonds is 18. The molecule has 0 heterocycles.